The van der Waals surface area contributed by atoms with Crippen LogP contribution in [0.1, 0.15) is 26.7 Å². The lowest BCUT2D eigenvalue weighted by atomic mass is 9.83. The number of aromatic nitrogens is 1. The number of benzene rings is 1. The molecule has 1 aromatic heterocycles. The van der Waals surface area contributed by atoms with Crippen molar-refractivity contribution >= 4 is 26.7 Å². The fraction of sp³-hybridized carbons (Fsp3) is 0.500. The van der Waals surface area contributed by atoms with Gasteiger partial charge >= 0.3 is 0 Å². The van der Waals surface area contributed by atoms with Crippen LogP contribution in [0.15, 0.2) is 24.3 Å². The van der Waals surface area contributed by atoms with Gasteiger partial charge in [0.2, 0.25) is 0 Å². The number of hydrogen-bond acceptors (Lipinski definition) is 4. The molecule has 2 N–H and O–H groups in total. The lowest BCUT2D eigenvalue weighted by Gasteiger charge is -2.29. The first-order chi connectivity index (χ1) is 8.73. The van der Waals surface area contributed by atoms with Crippen molar-refractivity contribution in [2.75, 3.05) is 18.5 Å². The Morgan fingerprint density at radius 1 is 1.28 bits per heavy atom. The quantitative estimate of drug-likeness (QED) is 0.839. The fourth-order valence-corrected chi connectivity index (χ4v) is 2.85. The van der Waals surface area contributed by atoms with E-state index in [2.05, 4.69) is 30.2 Å². The molecule has 2 aromatic rings. The Morgan fingerprint density at radius 3 is 2.61 bits per heavy atom. The number of rotatable bonds is 6. The molecule has 3 nitrogen and oxygen atoms in total. The minimum atomic E-state index is -0.0299. The van der Waals surface area contributed by atoms with Crippen molar-refractivity contribution in [2.45, 2.75) is 26.7 Å². The highest BCUT2D eigenvalue weighted by Gasteiger charge is 2.25. The highest BCUT2D eigenvalue weighted by atomic mass is 32.1. The fourth-order valence-electron chi connectivity index (χ4n) is 1.99. The normalized spacial score (nSPS) is 11.9. The molecule has 0 aliphatic rings. The minimum absolute atomic E-state index is 0.0299. The maximum absolute atomic E-state index is 9.54. The molecule has 0 spiro atoms. The summed E-state index contributed by atoms with van der Waals surface area (Å²) < 4.78 is 1.20. The Hall–Kier alpha value is -1.13. The zero-order valence-electron chi connectivity index (χ0n) is 10.9. The number of anilines is 1. The van der Waals surface area contributed by atoms with Crippen molar-refractivity contribution < 1.29 is 5.11 Å². The number of para-hydroxylation sites is 1. The second-order valence-corrected chi connectivity index (χ2v) is 5.74. The predicted octanol–water partition coefficient (Wildman–Crippen LogP) is 3.51. The van der Waals surface area contributed by atoms with Gasteiger partial charge in [-0.15, -0.1) is 0 Å². The van der Waals surface area contributed by atoms with Gasteiger partial charge in [-0.25, -0.2) is 4.98 Å². The summed E-state index contributed by atoms with van der Waals surface area (Å²) in [5.41, 5.74) is 1.00. The van der Waals surface area contributed by atoms with E-state index in [1.165, 1.54) is 4.70 Å². The van der Waals surface area contributed by atoms with E-state index in [0.29, 0.717) is 0 Å². The molecule has 18 heavy (non-hydrogen) atoms. The predicted molar refractivity (Wildman–Crippen MR) is 78.2 cm³/mol. The Labute approximate surface area is 112 Å². The SMILES string of the molecule is CCC(CC)(CO)CNc1nc2ccccc2s1. The third kappa shape index (κ3) is 2.65. The van der Waals surface area contributed by atoms with E-state index in [0.717, 1.165) is 30.0 Å². The van der Waals surface area contributed by atoms with E-state index in [4.69, 9.17) is 0 Å². The molecule has 0 atom stereocenters. The highest BCUT2D eigenvalue weighted by molar-refractivity contribution is 7.22. The summed E-state index contributed by atoms with van der Waals surface area (Å²) in [5, 5.41) is 13.9. The Kier molecular flexibility index (Phi) is 4.19. The molecule has 4 heteroatoms. The first kappa shape index (κ1) is 13.3. The summed E-state index contributed by atoms with van der Waals surface area (Å²) >= 11 is 1.67. The second-order valence-electron chi connectivity index (χ2n) is 4.71. The van der Waals surface area contributed by atoms with Gasteiger partial charge < -0.3 is 10.4 Å². The average Bonchev–Trinajstić information content (AvgIpc) is 2.84. The number of aliphatic hydroxyl groups excluding tert-OH is 1. The molecule has 0 saturated heterocycles. The molecular formula is C14H20N2OS. The van der Waals surface area contributed by atoms with Gasteiger partial charge in [-0.3, -0.25) is 0 Å². The van der Waals surface area contributed by atoms with Crippen LogP contribution < -0.4 is 5.32 Å². The third-order valence-electron chi connectivity index (χ3n) is 3.74. The van der Waals surface area contributed by atoms with E-state index < -0.39 is 0 Å². The lowest BCUT2D eigenvalue weighted by molar-refractivity contribution is 0.127. The van der Waals surface area contributed by atoms with E-state index in [9.17, 15) is 5.11 Å². The highest BCUT2D eigenvalue weighted by Crippen LogP contribution is 2.29. The standard InChI is InChI=1S/C14H20N2OS/c1-3-14(4-2,10-17)9-15-13-16-11-7-5-6-8-12(11)18-13/h5-8,17H,3-4,9-10H2,1-2H3,(H,15,16). The number of aliphatic hydroxyl groups is 1. The van der Waals surface area contributed by atoms with Gasteiger partial charge in [0.05, 0.1) is 16.8 Å². The maximum atomic E-state index is 9.54. The average molecular weight is 264 g/mol. The van der Waals surface area contributed by atoms with Crippen molar-refractivity contribution in [3.8, 4) is 0 Å². The van der Waals surface area contributed by atoms with Gasteiger partial charge in [0.25, 0.3) is 0 Å². The van der Waals surface area contributed by atoms with Gasteiger partial charge in [0, 0.05) is 12.0 Å². The van der Waals surface area contributed by atoms with Gasteiger partial charge in [-0.1, -0.05) is 37.3 Å². The van der Waals surface area contributed by atoms with Crippen LogP contribution in [-0.4, -0.2) is 23.2 Å². The van der Waals surface area contributed by atoms with E-state index in [1.54, 1.807) is 11.3 Å². The molecule has 1 aromatic carbocycles. The smallest absolute Gasteiger partial charge is 0.183 e. The van der Waals surface area contributed by atoms with Gasteiger partial charge in [0.1, 0.15) is 0 Å². The van der Waals surface area contributed by atoms with Gasteiger partial charge in [0.15, 0.2) is 5.13 Å². The summed E-state index contributed by atoms with van der Waals surface area (Å²) in [6.45, 7) is 5.24. The zero-order chi connectivity index (χ0) is 13.0. The number of thiazole rings is 1. The summed E-state index contributed by atoms with van der Waals surface area (Å²) in [4.78, 5) is 4.54. The summed E-state index contributed by atoms with van der Waals surface area (Å²) in [7, 11) is 0. The van der Waals surface area contributed by atoms with Crippen LogP contribution in [0.3, 0.4) is 0 Å². The van der Waals surface area contributed by atoms with Crippen molar-refractivity contribution in [3.05, 3.63) is 24.3 Å². The topological polar surface area (TPSA) is 45.1 Å². The Balaban J connectivity index is 2.09. The molecule has 0 aliphatic carbocycles. The summed E-state index contributed by atoms with van der Waals surface area (Å²) in [6.07, 6.45) is 1.94. The summed E-state index contributed by atoms with van der Waals surface area (Å²) in [5.74, 6) is 0. The molecule has 0 saturated carbocycles. The van der Waals surface area contributed by atoms with Gasteiger partial charge in [-0.2, -0.15) is 0 Å². The van der Waals surface area contributed by atoms with Crippen LogP contribution >= 0.6 is 11.3 Å². The van der Waals surface area contributed by atoms with E-state index >= 15 is 0 Å². The first-order valence-electron chi connectivity index (χ1n) is 6.43. The number of hydrogen-bond donors (Lipinski definition) is 2. The molecule has 0 aliphatic heterocycles. The maximum Gasteiger partial charge on any atom is 0.183 e. The second kappa shape index (κ2) is 5.67. The molecule has 2 rings (SSSR count). The van der Waals surface area contributed by atoms with Crippen LogP contribution in [0.25, 0.3) is 10.2 Å². The van der Waals surface area contributed by atoms with Crippen LogP contribution in [0.4, 0.5) is 5.13 Å². The summed E-state index contributed by atoms with van der Waals surface area (Å²) in [6, 6.07) is 8.13. The number of fused-ring (bicyclic) bond motifs is 1. The zero-order valence-corrected chi connectivity index (χ0v) is 11.8. The van der Waals surface area contributed by atoms with Crippen LogP contribution in [0, 0.1) is 5.41 Å². The number of nitrogens with zero attached hydrogens (tertiary/aromatic N) is 1. The Morgan fingerprint density at radius 2 is 2.00 bits per heavy atom. The van der Waals surface area contributed by atoms with Crippen molar-refractivity contribution in [2.24, 2.45) is 5.41 Å². The van der Waals surface area contributed by atoms with Crippen molar-refractivity contribution in [1.29, 1.82) is 0 Å². The van der Waals surface area contributed by atoms with E-state index in [1.807, 2.05) is 18.2 Å². The monoisotopic (exact) mass is 264 g/mol. The van der Waals surface area contributed by atoms with Crippen molar-refractivity contribution in [3.63, 3.8) is 0 Å². The third-order valence-corrected chi connectivity index (χ3v) is 4.74. The van der Waals surface area contributed by atoms with Crippen LogP contribution in [0.2, 0.25) is 0 Å². The molecule has 0 radical (unpaired) electrons. The molecule has 0 fully saturated rings. The Bertz CT molecular complexity index is 464. The first-order valence-corrected chi connectivity index (χ1v) is 7.25. The van der Waals surface area contributed by atoms with E-state index in [-0.39, 0.29) is 12.0 Å². The molecule has 0 bridgehead atoms. The minimum Gasteiger partial charge on any atom is -0.396 e. The van der Waals surface area contributed by atoms with Crippen LogP contribution in [0.5, 0.6) is 0 Å². The molecule has 0 amide bonds. The molecule has 0 unspecified atom stereocenters. The lowest BCUT2D eigenvalue weighted by Crippen LogP contribution is -2.32. The molecule has 1 heterocycles. The molecule has 98 valence electrons. The van der Waals surface area contributed by atoms with Crippen molar-refractivity contribution in [1.82, 2.24) is 4.98 Å². The van der Waals surface area contributed by atoms with Crippen LogP contribution in [-0.2, 0) is 0 Å². The largest absolute Gasteiger partial charge is 0.396 e. The van der Waals surface area contributed by atoms with Gasteiger partial charge in [-0.05, 0) is 25.0 Å². The number of nitrogens with one attached hydrogen (secondary N) is 1. The molecular weight excluding hydrogens is 244 g/mol.